The molecule has 1 unspecified atom stereocenters. The van der Waals surface area contributed by atoms with Crippen LogP contribution in [0.5, 0.6) is 5.75 Å². The van der Waals surface area contributed by atoms with Gasteiger partial charge in [-0.2, -0.15) is 0 Å². The number of piperidine rings is 1. The lowest BCUT2D eigenvalue weighted by molar-refractivity contribution is -0.144. The number of carboxylic acid groups (broad SMARTS) is 1. The standard InChI is InChI=1S/C15H19NO4/c1-20-12-6-4-5-11(9-12)14(17)10-16-8-3-2-7-13(16)15(18)19/h4-6,9,13H,2-3,7-8,10H2,1H3,(H,18,19). The number of benzene rings is 1. The Morgan fingerprint density at radius 1 is 1.40 bits per heavy atom. The third-order valence-corrected chi connectivity index (χ3v) is 3.64. The molecule has 0 bridgehead atoms. The maximum Gasteiger partial charge on any atom is 0.320 e. The number of rotatable bonds is 5. The van der Waals surface area contributed by atoms with Crippen LogP contribution in [0.1, 0.15) is 29.6 Å². The fourth-order valence-electron chi connectivity index (χ4n) is 2.53. The Labute approximate surface area is 118 Å². The fourth-order valence-corrected chi connectivity index (χ4v) is 2.53. The number of hydrogen-bond acceptors (Lipinski definition) is 4. The van der Waals surface area contributed by atoms with Gasteiger partial charge in [0, 0.05) is 5.56 Å². The van der Waals surface area contributed by atoms with Gasteiger partial charge in [0.1, 0.15) is 11.8 Å². The first-order chi connectivity index (χ1) is 9.61. The molecule has 5 nitrogen and oxygen atoms in total. The number of carboxylic acids is 1. The lowest BCUT2D eigenvalue weighted by atomic mass is 10.0. The molecule has 1 fully saturated rings. The normalized spacial score (nSPS) is 19.6. The number of methoxy groups -OCH3 is 1. The van der Waals surface area contributed by atoms with Crippen molar-refractivity contribution in [3.05, 3.63) is 29.8 Å². The molecular weight excluding hydrogens is 258 g/mol. The van der Waals surface area contributed by atoms with E-state index in [0.29, 0.717) is 24.3 Å². The first kappa shape index (κ1) is 14.5. The Morgan fingerprint density at radius 3 is 2.90 bits per heavy atom. The summed E-state index contributed by atoms with van der Waals surface area (Å²) >= 11 is 0. The van der Waals surface area contributed by atoms with Crippen LogP contribution in [0.15, 0.2) is 24.3 Å². The van der Waals surface area contributed by atoms with Crippen molar-refractivity contribution >= 4 is 11.8 Å². The van der Waals surface area contributed by atoms with Crippen LogP contribution in [-0.4, -0.2) is 48.0 Å². The first-order valence-electron chi connectivity index (χ1n) is 6.76. The summed E-state index contributed by atoms with van der Waals surface area (Å²) in [5, 5.41) is 9.20. The Balaban J connectivity index is 2.07. The summed E-state index contributed by atoms with van der Waals surface area (Å²) < 4.78 is 5.09. The van der Waals surface area contributed by atoms with Crippen LogP contribution >= 0.6 is 0 Å². The summed E-state index contributed by atoms with van der Waals surface area (Å²) in [6.07, 6.45) is 2.46. The van der Waals surface area contributed by atoms with Crippen molar-refractivity contribution in [1.29, 1.82) is 0 Å². The maximum absolute atomic E-state index is 12.3. The summed E-state index contributed by atoms with van der Waals surface area (Å²) in [7, 11) is 1.55. The smallest absolute Gasteiger partial charge is 0.320 e. The molecule has 0 spiro atoms. The number of nitrogens with zero attached hydrogens (tertiary/aromatic N) is 1. The van der Waals surface area contributed by atoms with E-state index < -0.39 is 12.0 Å². The zero-order valence-corrected chi connectivity index (χ0v) is 11.5. The lowest BCUT2D eigenvalue weighted by Gasteiger charge is -2.32. The van der Waals surface area contributed by atoms with Gasteiger partial charge >= 0.3 is 5.97 Å². The average Bonchev–Trinajstić information content (AvgIpc) is 2.47. The van der Waals surface area contributed by atoms with Crippen LogP contribution in [0.3, 0.4) is 0 Å². The zero-order chi connectivity index (χ0) is 14.5. The molecule has 2 rings (SSSR count). The predicted molar refractivity (Wildman–Crippen MR) is 74.2 cm³/mol. The Hall–Kier alpha value is -1.88. The third-order valence-electron chi connectivity index (χ3n) is 3.64. The molecule has 0 aliphatic carbocycles. The number of likely N-dealkylation sites (tertiary alicyclic amines) is 1. The minimum absolute atomic E-state index is 0.0722. The molecule has 1 aliphatic rings. The quantitative estimate of drug-likeness (QED) is 0.831. The second-order valence-corrected chi connectivity index (χ2v) is 4.98. The van der Waals surface area contributed by atoms with Crippen molar-refractivity contribution < 1.29 is 19.4 Å². The highest BCUT2D eigenvalue weighted by Crippen LogP contribution is 2.19. The molecule has 0 saturated carbocycles. The number of ketones is 1. The van der Waals surface area contributed by atoms with E-state index in [9.17, 15) is 14.7 Å². The van der Waals surface area contributed by atoms with Crippen molar-refractivity contribution in [2.45, 2.75) is 25.3 Å². The van der Waals surface area contributed by atoms with Crippen LogP contribution in [0, 0.1) is 0 Å². The van der Waals surface area contributed by atoms with Crippen LogP contribution < -0.4 is 4.74 Å². The van der Waals surface area contributed by atoms with Crippen LogP contribution in [0.4, 0.5) is 0 Å². The van der Waals surface area contributed by atoms with Crippen molar-refractivity contribution in [3.63, 3.8) is 0 Å². The van der Waals surface area contributed by atoms with Gasteiger partial charge in [-0.3, -0.25) is 14.5 Å². The molecule has 108 valence electrons. The van der Waals surface area contributed by atoms with E-state index in [1.165, 1.54) is 0 Å². The van der Waals surface area contributed by atoms with Gasteiger partial charge in [0.2, 0.25) is 0 Å². The van der Waals surface area contributed by atoms with E-state index in [1.807, 2.05) is 0 Å². The Kier molecular flexibility index (Phi) is 4.74. The van der Waals surface area contributed by atoms with Gasteiger partial charge in [-0.25, -0.2) is 0 Å². The van der Waals surface area contributed by atoms with Gasteiger partial charge in [-0.1, -0.05) is 18.6 Å². The van der Waals surface area contributed by atoms with Gasteiger partial charge in [0.15, 0.2) is 5.78 Å². The second kappa shape index (κ2) is 6.52. The van der Waals surface area contributed by atoms with Crippen molar-refractivity contribution in [2.24, 2.45) is 0 Å². The molecule has 0 aromatic heterocycles. The molecule has 1 saturated heterocycles. The molecule has 1 heterocycles. The summed E-state index contributed by atoms with van der Waals surface area (Å²) in [5.41, 5.74) is 0.555. The van der Waals surface area contributed by atoms with E-state index in [-0.39, 0.29) is 12.3 Å². The van der Waals surface area contributed by atoms with E-state index in [0.717, 1.165) is 12.8 Å². The number of carbonyl (C=O) groups is 2. The topological polar surface area (TPSA) is 66.8 Å². The van der Waals surface area contributed by atoms with E-state index in [1.54, 1.807) is 36.3 Å². The number of hydrogen-bond donors (Lipinski definition) is 1. The molecule has 20 heavy (non-hydrogen) atoms. The molecule has 1 aliphatic heterocycles. The van der Waals surface area contributed by atoms with Crippen molar-refractivity contribution in [1.82, 2.24) is 4.90 Å². The van der Waals surface area contributed by atoms with Gasteiger partial charge in [0.05, 0.1) is 13.7 Å². The van der Waals surface area contributed by atoms with Crippen LogP contribution in [-0.2, 0) is 4.79 Å². The maximum atomic E-state index is 12.3. The zero-order valence-electron chi connectivity index (χ0n) is 11.5. The summed E-state index contributed by atoms with van der Waals surface area (Å²) in [6, 6.07) is 6.40. The Morgan fingerprint density at radius 2 is 2.20 bits per heavy atom. The highest BCUT2D eigenvalue weighted by atomic mass is 16.5. The SMILES string of the molecule is COc1cccc(C(=O)CN2CCCCC2C(=O)O)c1. The molecular formula is C15H19NO4. The third kappa shape index (κ3) is 3.36. The molecule has 1 N–H and O–H groups in total. The fraction of sp³-hybridized carbons (Fsp3) is 0.467. The van der Waals surface area contributed by atoms with Gasteiger partial charge in [-0.15, -0.1) is 0 Å². The van der Waals surface area contributed by atoms with Crippen LogP contribution in [0.2, 0.25) is 0 Å². The summed E-state index contributed by atoms with van der Waals surface area (Å²) in [5.74, 6) is -0.288. The molecule has 1 atom stereocenters. The van der Waals surface area contributed by atoms with E-state index in [4.69, 9.17) is 4.74 Å². The lowest BCUT2D eigenvalue weighted by Crippen LogP contribution is -2.46. The summed E-state index contributed by atoms with van der Waals surface area (Å²) in [4.78, 5) is 25.2. The molecule has 0 amide bonds. The van der Waals surface area contributed by atoms with Gasteiger partial charge < -0.3 is 9.84 Å². The van der Waals surface area contributed by atoms with E-state index >= 15 is 0 Å². The van der Waals surface area contributed by atoms with Crippen LogP contribution in [0.25, 0.3) is 0 Å². The first-order valence-corrected chi connectivity index (χ1v) is 6.76. The molecule has 0 radical (unpaired) electrons. The minimum Gasteiger partial charge on any atom is -0.497 e. The van der Waals surface area contributed by atoms with Gasteiger partial charge in [0.25, 0.3) is 0 Å². The second-order valence-electron chi connectivity index (χ2n) is 4.98. The minimum atomic E-state index is -0.844. The highest BCUT2D eigenvalue weighted by molar-refractivity contribution is 5.98. The van der Waals surface area contributed by atoms with E-state index in [2.05, 4.69) is 0 Å². The average molecular weight is 277 g/mol. The highest BCUT2D eigenvalue weighted by Gasteiger charge is 2.29. The summed E-state index contributed by atoms with van der Waals surface area (Å²) in [6.45, 7) is 0.802. The Bertz CT molecular complexity index is 500. The molecule has 5 heteroatoms. The van der Waals surface area contributed by atoms with Crippen molar-refractivity contribution in [3.8, 4) is 5.75 Å². The monoisotopic (exact) mass is 277 g/mol. The number of ether oxygens (including phenoxy) is 1. The predicted octanol–water partition coefficient (Wildman–Crippen LogP) is 1.82. The molecule has 1 aromatic rings. The van der Waals surface area contributed by atoms with Crippen molar-refractivity contribution in [2.75, 3.05) is 20.2 Å². The number of aliphatic carboxylic acids is 1. The largest absolute Gasteiger partial charge is 0.497 e. The van der Waals surface area contributed by atoms with Gasteiger partial charge in [-0.05, 0) is 31.5 Å². The number of Topliss-reactive ketones (excluding diaryl/α,β-unsaturated/α-hetero) is 1. The number of carbonyl (C=O) groups excluding carboxylic acids is 1. The molecule has 1 aromatic carbocycles.